The second-order valence-electron chi connectivity index (χ2n) is 10.2. The van der Waals surface area contributed by atoms with Gasteiger partial charge in [-0.05, 0) is 92.7 Å². The summed E-state index contributed by atoms with van der Waals surface area (Å²) in [6.07, 6.45) is 0. The van der Waals surface area contributed by atoms with E-state index in [2.05, 4.69) is 13.2 Å². The maximum atomic E-state index is 11.7. The number of fused-ring (bicyclic) bond motifs is 4. The molecule has 0 radical (unpaired) electrons. The normalized spacial score (nSPS) is 11.6. The SMILES string of the molecule is C=C(C)c1ccc2cc3ccccc3cc2c1S(=O)(=O)[O-].C=C(C)c1ccc2cc3ccccc3cc2c1S(=O)(=O)[O-].[Mg+2]. The Kier molecular flexibility index (Phi) is 9.17. The molecule has 6 aromatic carbocycles. The van der Waals surface area contributed by atoms with Crippen molar-refractivity contribution in [1.82, 2.24) is 0 Å². The molecule has 0 saturated carbocycles. The first-order chi connectivity index (χ1) is 19.8. The van der Waals surface area contributed by atoms with Crippen molar-refractivity contribution in [1.29, 1.82) is 0 Å². The Hall–Kier alpha value is -3.57. The smallest absolute Gasteiger partial charge is 0.744 e. The van der Waals surface area contributed by atoms with Crippen LogP contribution in [0.1, 0.15) is 25.0 Å². The number of hydrogen-bond donors (Lipinski definition) is 0. The van der Waals surface area contributed by atoms with Crippen molar-refractivity contribution >= 4 is 97.5 Å². The Morgan fingerprint density at radius 3 is 1.09 bits per heavy atom. The summed E-state index contributed by atoms with van der Waals surface area (Å²) in [5.74, 6) is 0. The molecule has 0 aliphatic carbocycles. The van der Waals surface area contributed by atoms with Crippen LogP contribution in [0.25, 0.3) is 54.2 Å². The molecule has 0 aromatic heterocycles. The Morgan fingerprint density at radius 1 is 0.512 bits per heavy atom. The van der Waals surface area contributed by atoms with Gasteiger partial charge in [-0.1, -0.05) is 86.0 Å². The monoisotopic (exact) mass is 618 g/mol. The topological polar surface area (TPSA) is 114 Å². The van der Waals surface area contributed by atoms with E-state index in [0.717, 1.165) is 32.3 Å². The third-order valence-electron chi connectivity index (χ3n) is 7.09. The maximum absolute atomic E-state index is 11.7. The standard InChI is InChI=1S/2C17H14O3S.Mg/c2*1-11(2)15-8-7-14-9-12-5-3-4-6-13(12)10-16(14)17(15)21(18,19)20;/h2*3-10H,1H2,2H3,(H,18,19,20);/q;;+2/p-2. The van der Waals surface area contributed by atoms with Crippen molar-refractivity contribution in [3.05, 3.63) is 121 Å². The van der Waals surface area contributed by atoms with E-state index in [4.69, 9.17) is 0 Å². The molecule has 6 aromatic rings. The summed E-state index contributed by atoms with van der Waals surface area (Å²) < 4.78 is 70.3. The molecule has 43 heavy (non-hydrogen) atoms. The van der Waals surface area contributed by atoms with Crippen molar-refractivity contribution in [2.75, 3.05) is 0 Å². The minimum Gasteiger partial charge on any atom is -0.744 e. The molecule has 0 fully saturated rings. The van der Waals surface area contributed by atoms with E-state index in [1.807, 2.05) is 72.8 Å². The van der Waals surface area contributed by atoms with Gasteiger partial charge in [-0.15, -0.1) is 0 Å². The molecule has 212 valence electrons. The van der Waals surface area contributed by atoms with Crippen molar-refractivity contribution < 1.29 is 25.9 Å². The molecule has 0 aliphatic heterocycles. The molecule has 0 spiro atoms. The Bertz CT molecular complexity index is 2140. The van der Waals surface area contributed by atoms with E-state index < -0.39 is 20.2 Å². The molecular formula is C34H26MgO6S2. The molecule has 0 saturated heterocycles. The van der Waals surface area contributed by atoms with Crippen LogP contribution >= 0.6 is 0 Å². The van der Waals surface area contributed by atoms with Crippen LogP contribution in [0.3, 0.4) is 0 Å². The number of benzene rings is 6. The second-order valence-corrected chi connectivity index (χ2v) is 12.8. The van der Waals surface area contributed by atoms with Gasteiger partial charge in [0.1, 0.15) is 20.2 Å². The van der Waals surface area contributed by atoms with Crippen molar-refractivity contribution in [3.8, 4) is 0 Å². The number of hydrogen-bond acceptors (Lipinski definition) is 6. The minimum atomic E-state index is -4.58. The number of allylic oxidation sites excluding steroid dienone is 2. The summed E-state index contributed by atoms with van der Waals surface area (Å²) in [4.78, 5) is -0.364. The Labute approximate surface area is 267 Å². The van der Waals surface area contributed by atoms with E-state index in [1.54, 1.807) is 38.1 Å². The van der Waals surface area contributed by atoms with Gasteiger partial charge in [-0.3, -0.25) is 0 Å². The minimum absolute atomic E-state index is 0. The average molecular weight is 619 g/mol. The summed E-state index contributed by atoms with van der Waals surface area (Å²) in [6.45, 7) is 10.9. The van der Waals surface area contributed by atoms with Crippen LogP contribution in [0, 0.1) is 0 Å². The van der Waals surface area contributed by atoms with Gasteiger partial charge in [0, 0.05) is 10.8 Å². The zero-order chi connectivity index (χ0) is 30.4. The summed E-state index contributed by atoms with van der Waals surface area (Å²) in [5, 5.41) is 6.15. The van der Waals surface area contributed by atoms with Crippen molar-refractivity contribution in [2.45, 2.75) is 23.6 Å². The van der Waals surface area contributed by atoms with E-state index >= 15 is 0 Å². The molecular weight excluding hydrogens is 593 g/mol. The third-order valence-corrected chi connectivity index (χ3v) is 8.97. The van der Waals surface area contributed by atoms with Gasteiger partial charge >= 0.3 is 23.1 Å². The van der Waals surface area contributed by atoms with E-state index in [0.29, 0.717) is 33.0 Å². The summed E-state index contributed by atoms with van der Waals surface area (Å²) in [7, 11) is -9.17. The first-order valence-corrected chi connectivity index (χ1v) is 15.7. The van der Waals surface area contributed by atoms with Crippen LogP contribution in [-0.2, 0) is 20.2 Å². The predicted molar refractivity (Wildman–Crippen MR) is 174 cm³/mol. The van der Waals surface area contributed by atoms with Gasteiger partial charge in [0.05, 0.1) is 9.79 Å². The molecule has 6 nitrogen and oxygen atoms in total. The van der Waals surface area contributed by atoms with Crippen LogP contribution in [0.5, 0.6) is 0 Å². The van der Waals surface area contributed by atoms with Crippen molar-refractivity contribution in [3.63, 3.8) is 0 Å². The zero-order valence-corrected chi connectivity index (χ0v) is 26.7. The van der Waals surface area contributed by atoms with Crippen molar-refractivity contribution in [2.24, 2.45) is 0 Å². The van der Waals surface area contributed by atoms with E-state index in [9.17, 15) is 25.9 Å². The Balaban J connectivity index is 0.000000192. The fraction of sp³-hybridized carbons (Fsp3) is 0.0588. The molecule has 0 amide bonds. The van der Waals surface area contributed by atoms with Gasteiger partial charge < -0.3 is 9.11 Å². The zero-order valence-electron chi connectivity index (χ0n) is 23.6. The largest absolute Gasteiger partial charge is 2.00 e. The second kappa shape index (κ2) is 12.2. The molecule has 6 rings (SSSR count). The molecule has 0 bridgehead atoms. The van der Waals surface area contributed by atoms with Gasteiger partial charge in [0.15, 0.2) is 0 Å². The van der Waals surface area contributed by atoms with Crippen LogP contribution in [0.2, 0.25) is 0 Å². The third kappa shape index (κ3) is 6.52. The van der Waals surface area contributed by atoms with Gasteiger partial charge in [-0.2, -0.15) is 0 Å². The molecule has 0 unspecified atom stereocenters. The first kappa shape index (κ1) is 32.3. The summed E-state index contributed by atoms with van der Waals surface area (Å²) in [6, 6.07) is 29.5. The Morgan fingerprint density at radius 2 is 0.814 bits per heavy atom. The molecule has 0 heterocycles. The van der Waals surface area contributed by atoms with E-state index in [-0.39, 0.29) is 32.8 Å². The van der Waals surface area contributed by atoms with Crippen LogP contribution in [0.15, 0.2) is 120 Å². The first-order valence-electron chi connectivity index (χ1n) is 12.9. The summed E-state index contributed by atoms with van der Waals surface area (Å²) in [5.41, 5.74) is 1.87. The fourth-order valence-corrected chi connectivity index (χ4v) is 7.10. The van der Waals surface area contributed by atoms with E-state index in [1.165, 1.54) is 0 Å². The van der Waals surface area contributed by atoms with Crippen LogP contribution < -0.4 is 0 Å². The average Bonchev–Trinajstić information content (AvgIpc) is 2.92. The maximum Gasteiger partial charge on any atom is 2.00 e. The quantitative estimate of drug-likeness (QED) is 0.115. The van der Waals surface area contributed by atoms with Gasteiger partial charge in [-0.25, -0.2) is 16.8 Å². The molecule has 0 N–H and O–H groups in total. The summed E-state index contributed by atoms with van der Waals surface area (Å²) >= 11 is 0. The van der Waals surface area contributed by atoms with Crippen LogP contribution in [0.4, 0.5) is 0 Å². The van der Waals surface area contributed by atoms with Gasteiger partial charge in [0.2, 0.25) is 0 Å². The fourth-order valence-electron chi connectivity index (χ4n) is 5.18. The van der Waals surface area contributed by atoms with Crippen LogP contribution in [-0.4, -0.2) is 49.0 Å². The molecule has 9 heteroatoms. The number of rotatable bonds is 4. The molecule has 0 aliphatic rings. The predicted octanol–water partition coefficient (Wildman–Crippen LogP) is 7.48. The van der Waals surface area contributed by atoms with Gasteiger partial charge in [0.25, 0.3) is 0 Å². The molecule has 0 atom stereocenters.